The van der Waals surface area contributed by atoms with E-state index in [1.165, 1.54) is 7.11 Å². The molecule has 1 aliphatic carbocycles. The lowest BCUT2D eigenvalue weighted by molar-refractivity contribution is -0.161. The first-order chi connectivity index (χ1) is 25.5. The molecule has 2 atom stereocenters. The van der Waals surface area contributed by atoms with E-state index in [9.17, 15) is 19.2 Å². The number of carbonyl (C=O) groups is 2. The molecule has 53 heavy (non-hydrogen) atoms. The summed E-state index contributed by atoms with van der Waals surface area (Å²) in [6, 6.07) is 15.1. The molecule has 0 bridgehead atoms. The third kappa shape index (κ3) is 7.17. The van der Waals surface area contributed by atoms with Crippen LogP contribution < -0.4 is 10.1 Å². The molecule has 2 aliphatic heterocycles. The van der Waals surface area contributed by atoms with Gasteiger partial charge in [0.05, 0.1) is 24.0 Å². The highest BCUT2D eigenvalue weighted by Gasteiger charge is 2.47. The number of nitrogens with one attached hydrogen (secondary N) is 1. The fraction of sp³-hybridized carbons (Fsp3) is 0.375. The molecule has 274 valence electrons. The van der Waals surface area contributed by atoms with Crippen LogP contribution in [-0.4, -0.2) is 82.6 Å². The standard InChI is InChI=1S/C40H40ClFN6O5/c1-23(2)38(50)52-29-21-48(22-29)18-27-16-44-33(14-34(27)51-4)37(49)46-40(11-7-10-31(36(40)41)30-9-6-5-8-24(30)3)39-45-32-13-25(17-47-19-28(42)20-47)12-26(15-43)35(32)53-39/h5-14,16,23,28-29,36H,17-22H2,1-4H3,(H,46,49). The second-order valence-corrected chi connectivity index (χ2v) is 14.6. The van der Waals surface area contributed by atoms with Gasteiger partial charge in [-0.1, -0.05) is 50.3 Å². The Morgan fingerprint density at radius 1 is 1.15 bits per heavy atom. The third-order valence-electron chi connectivity index (χ3n) is 9.90. The van der Waals surface area contributed by atoms with Gasteiger partial charge in [0.1, 0.15) is 35.3 Å². The Labute approximate surface area is 312 Å². The Morgan fingerprint density at radius 3 is 2.60 bits per heavy atom. The molecule has 0 saturated carbocycles. The quantitative estimate of drug-likeness (QED) is 0.148. The predicted octanol–water partition coefficient (Wildman–Crippen LogP) is 5.83. The summed E-state index contributed by atoms with van der Waals surface area (Å²) in [7, 11) is 1.53. The number of carbonyl (C=O) groups excluding carboxylic acids is 2. The maximum absolute atomic E-state index is 14.2. The summed E-state index contributed by atoms with van der Waals surface area (Å²) in [6.45, 7) is 8.38. The molecule has 0 spiro atoms. The zero-order chi connectivity index (χ0) is 37.4. The van der Waals surface area contributed by atoms with Gasteiger partial charge in [0.15, 0.2) is 11.1 Å². The van der Waals surface area contributed by atoms with Gasteiger partial charge in [0.25, 0.3) is 5.91 Å². The van der Waals surface area contributed by atoms with E-state index in [0.29, 0.717) is 50.5 Å². The number of halogens is 2. The van der Waals surface area contributed by atoms with Crippen LogP contribution >= 0.6 is 11.6 Å². The molecule has 4 aromatic rings. The lowest BCUT2D eigenvalue weighted by atomic mass is 9.81. The molecule has 0 radical (unpaired) electrons. The molecule has 11 nitrogen and oxygen atoms in total. The van der Waals surface area contributed by atoms with Gasteiger partial charge >= 0.3 is 5.97 Å². The average Bonchev–Trinajstić information content (AvgIpc) is 3.56. The topological polar surface area (TPSA) is 134 Å². The van der Waals surface area contributed by atoms with Crippen LogP contribution in [0.25, 0.3) is 16.7 Å². The van der Waals surface area contributed by atoms with Gasteiger partial charge in [-0.05, 0) is 47.4 Å². The first kappa shape index (κ1) is 36.3. The van der Waals surface area contributed by atoms with E-state index in [2.05, 4.69) is 21.3 Å². The van der Waals surface area contributed by atoms with Gasteiger partial charge in [-0.25, -0.2) is 9.37 Å². The molecule has 2 aromatic carbocycles. The summed E-state index contributed by atoms with van der Waals surface area (Å²) < 4.78 is 31.1. The van der Waals surface area contributed by atoms with Crippen molar-refractivity contribution in [3.05, 3.63) is 106 Å². The third-order valence-corrected chi connectivity index (χ3v) is 10.5. The van der Waals surface area contributed by atoms with E-state index in [1.54, 1.807) is 44.3 Å². The summed E-state index contributed by atoms with van der Waals surface area (Å²) in [6.07, 6.45) is 6.03. The maximum Gasteiger partial charge on any atom is 0.308 e. The number of rotatable bonds is 11. The van der Waals surface area contributed by atoms with Gasteiger partial charge in [0.2, 0.25) is 5.89 Å². The van der Waals surface area contributed by atoms with Crippen molar-refractivity contribution < 1.29 is 27.9 Å². The number of pyridine rings is 1. The Balaban J connectivity index is 1.20. The van der Waals surface area contributed by atoms with Gasteiger partial charge < -0.3 is 19.2 Å². The fourth-order valence-electron chi connectivity index (χ4n) is 6.93. The van der Waals surface area contributed by atoms with Crippen molar-refractivity contribution in [1.29, 1.82) is 5.26 Å². The van der Waals surface area contributed by atoms with Crippen LogP contribution in [0, 0.1) is 24.2 Å². The van der Waals surface area contributed by atoms with Crippen molar-refractivity contribution in [1.82, 2.24) is 25.1 Å². The molecule has 1 N–H and O–H groups in total. The Hall–Kier alpha value is -5.09. The van der Waals surface area contributed by atoms with Crippen LogP contribution in [0.1, 0.15) is 58.0 Å². The van der Waals surface area contributed by atoms with Gasteiger partial charge in [0, 0.05) is 57.1 Å². The number of nitriles is 1. The number of aromatic nitrogens is 2. The highest BCUT2D eigenvalue weighted by atomic mass is 35.5. The van der Waals surface area contributed by atoms with Crippen molar-refractivity contribution >= 4 is 40.2 Å². The number of esters is 1. The number of ether oxygens (including phenoxy) is 2. The first-order valence-electron chi connectivity index (χ1n) is 17.6. The number of hydrogen-bond donors (Lipinski definition) is 1. The zero-order valence-corrected chi connectivity index (χ0v) is 30.7. The number of aryl methyl sites for hydroxylation is 1. The van der Waals surface area contributed by atoms with Gasteiger partial charge in [-0.15, -0.1) is 11.6 Å². The average molecular weight is 739 g/mol. The van der Waals surface area contributed by atoms with E-state index < -0.39 is 23.0 Å². The lowest BCUT2D eigenvalue weighted by Crippen LogP contribution is -2.52. The number of alkyl halides is 2. The number of likely N-dealkylation sites (tertiary alicyclic amines) is 2. The van der Waals surface area contributed by atoms with Crippen molar-refractivity contribution in [3.8, 4) is 11.8 Å². The van der Waals surface area contributed by atoms with Crippen molar-refractivity contribution in [3.63, 3.8) is 0 Å². The Bertz CT molecular complexity index is 2170. The van der Waals surface area contributed by atoms with Crippen LogP contribution in [0.5, 0.6) is 5.75 Å². The zero-order valence-electron chi connectivity index (χ0n) is 29.9. The van der Waals surface area contributed by atoms with E-state index in [0.717, 1.165) is 27.8 Å². The summed E-state index contributed by atoms with van der Waals surface area (Å²) >= 11 is 7.42. The van der Waals surface area contributed by atoms with Crippen LogP contribution in [0.4, 0.5) is 4.39 Å². The smallest absolute Gasteiger partial charge is 0.308 e. The maximum atomic E-state index is 14.2. The normalized spacial score (nSPS) is 20.8. The number of methoxy groups -OCH3 is 1. The molecule has 7 rings (SSSR count). The molecule has 2 fully saturated rings. The summed E-state index contributed by atoms with van der Waals surface area (Å²) in [5, 5.41) is 12.3. The molecule has 1 amide bonds. The Morgan fingerprint density at radius 2 is 1.91 bits per heavy atom. The molecule has 2 saturated heterocycles. The number of amides is 1. The fourth-order valence-corrected chi connectivity index (χ4v) is 7.34. The second-order valence-electron chi connectivity index (χ2n) is 14.2. The van der Waals surface area contributed by atoms with Gasteiger partial charge in [-0.3, -0.25) is 24.4 Å². The molecule has 13 heteroatoms. The van der Waals surface area contributed by atoms with Crippen molar-refractivity contribution in [2.75, 3.05) is 33.3 Å². The molecule has 3 aliphatic rings. The van der Waals surface area contributed by atoms with Crippen LogP contribution in [0.3, 0.4) is 0 Å². The number of hydrogen-bond acceptors (Lipinski definition) is 10. The number of nitrogens with zero attached hydrogens (tertiary/aromatic N) is 5. The van der Waals surface area contributed by atoms with Crippen molar-refractivity contribution in [2.24, 2.45) is 5.92 Å². The first-order valence-corrected chi connectivity index (χ1v) is 18.0. The highest BCUT2D eigenvalue weighted by Crippen LogP contribution is 2.43. The Kier molecular flexibility index (Phi) is 10.1. The number of benzene rings is 2. The molecule has 2 aromatic heterocycles. The van der Waals surface area contributed by atoms with Crippen LogP contribution in [0.15, 0.2) is 71.3 Å². The number of fused-ring (bicyclic) bond motifs is 1. The minimum atomic E-state index is -1.51. The largest absolute Gasteiger partial charge is 0.496 e. The second kappa shape index (κ2) is 14.7. The molecule has 4 heterocycles. The summed E-state index contributed by atoms with van der Waals surface area (Å²) in [5.74, 6) is -0.399. The van der Waals surface area contributed by atoms with E-state index in [1.807, 2.05) is 48.2 Å². The van der Waals surface area contributed by atoms with E-state index in [4.69, 9.17) is 30.5 Å². The van der Waals surface area contributed by atoms with E-state index in [-0.39, 0.29) is 40.7 Å². The summed E-state index contributed by atoms with van der Waals surface area (Å²) in [4.78, 5) is 39.6. The van der Waals surface area contributed by atoms with E-state index >= 15 is 0 Å². The SMILES string of the molecule is COc1cc(C(=O)NC2(c3nc4cc(CN5CC(F)C5)cc(C#N)c4o3)C=CC=C(c3ccccc3C)C2Cl)ncc1CN1CC(OC(=O)C(C)C)C1. The van der Waals surface area contributed by atoms with Crippen molar-refractivity contribution in [2.45, 2.75) is 57.1 Å². The highest BCUT2D eigenvalue weighted by molar-refractivity contribution is 6.28. The minimum absolute atomic E-state index is 0.0819. The lowest BCUT2D eigenvalue weighted by Gasteiger charge is -2.38. The summed E-state index contributed by atoms with van der Waals surface area (Å²) in [5.41, 5.74) is 3.70. The molecule has 2 unspecified atom stereocenters. The predicted molar refractivity (Wildman–Crippen MR) is 197 cm³/mol. The number of oxazole rings is 1. The number of allylic oxidation sites excluding steroid dienone is 2. The van der Waals surface area contributed by atoms with Crippen LogP contribution in [-0.2, 0) is 28.2 Å². The molecular weight excluding hydrogens is 699 g/mol. The molecular formula is C40H40ClFN6O5. The minimum Gasteiger partial charge on any atom is -0.496 e. The monoisotopic (exact) mass is 738 g/mol. The van der Waals surface area contributed by atoms with Gasteiger partial charge in [-0.2, -0.15) is 5.26 Å². The van der Waals surface area contributed by atoms with Crippen LogP contribution in [0.2, 0.25) is 0 Å².